The molecule has 1 aliphatic rings. The highest BCUT2D eigenvalue weighted by Crippen LogP contribution is 2.30. The predicted molar refractivity (Wildman–Crippen MR) is 40.5 cm³/mol. The van der Waals surface area contributed by atoms with Gasteiger partial charge in [-0.2, -0.15) is 0 Å². The van der Waals surface area contributed by atoms with Crippen LogP contribution in [-0.4, -0.2) is 12.7 Å². The molecular weight excluding hydrogens is 129 g/mol. The van der Waals surface area contributed by atoms with Gasteiger partial charge in [0.1, 0.15) is 6.17 Å². The Bertz CT molecular complexity index is 105. The molecule has 60 valence electrons. The average Bonchev–Trinajstić information content (AvgIpc) is 1.94. The summed E-state index contributed by atoms with van der Waals surface area (Å²) in [4.78, 5) is 0. The summed E-state index contributed by atoms with van der Waals surface area (Å²) in [6.45, 7) is 2.82. The third kappa shape index (κ3) is 1.69. The normalized spacial score (nSPS) is 41.7. The van der Waals surface area contributed by atoms with Crippen LogP contribution in [0.25, 0.3) is 0 Å². The third-order valence-electron chi connectivity index (χ3n) is 2.60. The van der Waals surface area contributed by atoms with Crippen LogP contribution in [0.15, 0.2) is 0 Å². The number of rotatable bonds is 1. The van der Waals surface area contributed by atoms with Crippen LogP contribution in [0.2, 0.25) is 0 Å². The van der Waals surface area contributed by atoms with Crippen molar-refractivity contribution in [1.29, 1.82) is 0 Å². The molecule has 3 atom stereocenters. The highest BCUT2D eigenvalue weighted by atomic mass is 19.1. The molecule has 1 nitrogen and oxygen atoms in total. The molecular formula is C8H16FN. The Morgan fingerprint density at radius 1 is 1.50 bits per heavy atom. The van der Waals surface area contributed by atoms with Crippen LogP contribution < -0.4 is 5.73 Å². The van der Waals surface area contributed by atoms with Crippen molar-refractivity contribution in [2.45, 2.75) is 32.4 Å². The fraction of sp³-hybridized carbons (Fsp3) is 1.00. The van der Waals surface area contributed by atoms with Gasteiger partial charge in [-0.25, -0.2) is 4.39 Å². The lowest BCUT2D eigenvalue weighted by Crippen LogP contribution is -2.29. The van der Waals surface area contributed by atoms with Gasteiger partial charge in [-0.1, -0.05) is 6.92 Å². The minimum absolute atomic E-state index is 0.434. The van der Waals surface area contributed by atoms with Gasteiger partial charge in [0.25, 0.3) is 0 Å². The van der Waals surface area contributed by atoms with E-state index in [1.54, 1.807) is 0 Å². The van der Waals surface area contributed by atoms with E-state index in [0.717, 1.165) is 12.8 Å². The maximum atomic E-state index is 12.7. The van der Waals surface area contributed by atoms with Crippen LogP contribution in [-0.2, 0) is 0 Å². The highest BCUT2D eigenvalue weighted by molar-refractivity contribution is 4.77. The summed E-state index contributed by atoms with van der Waals surface area (Å²) in [6, 6.07) is 0. The SMILES string of the molecule is CC1CCC(F)CC1CN. The van der Waals surface area contributed by atoms with Gasteiger partial charge in [0.05, 0.1) is 0 Å². The van der Waals surface area contributed by atoms with Gasteiger partial charge in [0.15, 0.2) is 0 Å². The van der Waals surface area contributed by atoms with E-state index in [4.69, 9.17) is 5.73 Å². The monoisotopic (exact) mass is 145 g/mol. The van der Waals surface area contributed by atoms with Crippen LogP contribution in [0.3, 0.4) is 0 Å². The second kappa shape index (κ2) is 3.33. The largest absolute Gasteiger partial charge is 0.330 e. The van der Waals surface area contributed by atoms with Crippen LogP contribution in [0.4, 0.5) is 4.39 Å². The Kier molecular flexibility index (Phi) is 2.66. The first-order chi connectivity index (χ1) is 4.74. The molecule has 3 unspecified atom stereocenters. The first-order valence-electron chi connectivity index (χ1n) is 4.08. The van der Waals surface area contributed by atoms with Crippen molar-refractivity contribution < 1.29 is 4.39 Å². The Morgan fingerprint density at radius 3 is 2.70 bits per heavy atom. The van der Waals surface area contributed by atoms with E-state index < -0.39 is 6.17 Å². The molecule has 0 aliphatic heterocycles. The Labute approximate surface area is 61.8 Å². The topological polar surface area (TPSA) is 26.0 Å². The molecule has 1 fully saturated rings. The summed E-state index contributed by atoms with van der Waals surface area (Å²) >= 11 is 0. The fourth-order valence-electron chi connectivity index (χ4n) is 1.69. The number of nitrogens with two attached hydrogens (primary N) is 1. The first kappa shape index (κ1) is 7.99. The quantitative estimate of drug-likeness (QED) is 0.597. The molecule has 0 saturated heterocycles. The summed E-state index contributed by atoms with van der Waals surface area (Å²) in [5.74, 6) is 1.07. The molecule has 0 amide bonds. The molecule has 2 N–H and O–H groups in total. The van der Waals surface area contributed by atoms with Crippen molar-refractivity contribution in [2.75, 3.05) is 6.54 Å². The van der Waals surface area contributed by atoms with Crippen molar-refractivity contribution in [3.63, 3.8) is 0 Å². The second-order valence-corrected chi connectivity index (χ2v) is 3.38. The molecule has 0 heterocycles. The Hall–Kier alpha value is -0.110. The third-order valence-corrected chi connectivity index (χ3v) is 2.60. The van der Waals surface area contributed by atoms with Crippen molar-refractivity contribution >= 4 is 0 Å². The van der Waals surface area contributed by atoms with Crippen molar-refractivity contribution in [1.82, 2.24) is 0 Å². The van der Waals surface area contributed by atoms with Gasteiger partial charge in [0.2, 0.25) is 0 Å². The smallest absolute Gasteiger partial charge is 0.100 e. The summed E-state index contributed by atoms with van der Waals surface area (Å²) in [5.41, 5.74) is 5.49. The molecule has 0 bridgehead atoms. The van der Waals surface area contributed by atoms with E-state index in [-0.39, 0.29) is 0 Å². The molecule has 0 aromatic carbocycles. The Morgan fingerprint density at radius 2 is 2.20 bits per heavy atom. The predicted octanol–water partition coefficient (Wildman–Crippen LogP) is 1.72. The van der Waals surface area contributed by atoms with Crippen LogP contribution in [0, 0.1) is 11.8 Å². The standard InChI is InChI=1S/C8H16FN/c1-6-2-3-8(9)4-7(6)5-10/h6-8H,2-5,10H2,1H3. The van der Waals surface area contributed by atoms with E-state index in [0.29, 0.717) is 24.8 Å². The number of halogens is 1. The van der Waals surface area contributed by atoms with E-state index in [1.165, 1.54) is 0 Å². The maximum Gasteiger partial charge on any atom is 0.100 e. The average molecular weight is 145 g/mol. The summed E-state index contributed by atoms with van der Waals surface area (Å²) < 4.78 is 12.7. The van der Waals surface area contributed by atoms with Gasteiger partial charge < -0.3 is 5.73 Å². The van der Waals surface area contributed by atoms with E-state index in [9.17, 15) is 4.39 Å². The molecule has 1 saturated carbocycles. The zero-order valence-electron chi connectivity index (χ0n) is 6.52. The number of hydrogen-bond acceptors (Lipinski definition) is 1. The van der Waals surface area contributed by atoms with E-state index >= 15 is 0 Å². The number of alkyl halides is 1. The molecule has 0 aromatic heterocycles. The van der Waals surface area contributed by atoms with Gasteiger partial charge in [0, 0.05) is 0 Å². The zero-order chi connectivity index (χ0) is 7.56. The van der Waals surface area contributed by atoms with Crippen molar-refractivity contribution in [2.24, 2.45) is 17.6 Å². The molecule has 0 aromatic rings. The van der Waals surface area contributed by atoms with E-state index in [1.807, 2.05) is 0 Å². The number of hydrogen-bond donors (Lipinski definition) is 1. The summed E-state index contributed by atoms with van der Waals surface area (Å²) in [5, 5.41) is 0. The van der Waals surface area contributed by atoms with Crippen LogP contribution in [0.5, 0.6) is 0 Å². The lowest BCUT2D eigenvalue weighted by Gasteiger charge is -2.29. The minimum Gasteiger partial charge on any atom is -0.330 e. The van der Waals surface area contributed by atoms with E-state index in [2.05, 4.69) is 6.92 Å². The molecule has 1 aliphatic carbocycles. The molecule has 0 spiro atoms. The maximum absolute atomic E-state index is 12.7. The summed E-state index contributed by atoms with van der Waals surface area (Å²) in [6.07, 6.45) is 1.88. The Balaban J connectivity index is 2.38. The zero-order valence-corrected chi connectivity index (χ0v) is 6.52. The van der Waals surface area contributed by atoms with Crippen LogP contribution >= 0.6 is 0 Å². The lowest BCUT2D eigenvalue weighted by atomic mass is 9.80. The second-order valence-electron chi connectivity index (χ2n) is 3.38. The van der Waals surface area contributed by atoms with Crippen LogP contribution in [0.1, 0.15) is 26.2 Å². The highest BCUT2D eigenvalue weighted by Gasteiger charge is 2.25. The molecule has 10 heavy (non-hydrogen) atoms. The summed E-state index contributed by atoms with van der Waals surface area (Å²) in [7, 11) is 0. The fourth-order valence-corrected chi connectivity index (χ4v) is 1.69. The minimum atomic E-state index is -0.579. The van der Waals surface area contributed by atoms with Crippen molar-refractivity contribution in [3.8, 4) is 0 Å². The lowest BCUT2D eigenvalue weighted by molar-refractivity contribution is 0.154. The molecule has 2 heteroatoms. The van der Waals surface area contributed by atoms with Gasteiger partial charge in [-0.3, -0.25) is 0 Å². The van der Waals surface area contributed by atoms with Gasteiger partial charge >= 0.3 is 0 Å². The molecule has 0 radical (unpaired) electrons. The van der Waals surface area contributed by atoms with Gasteiger partial charge in [-0.05, 0) is 37.6 Å². The first-order valence-corrected chi connectivity index (χ1v) is 4.08. The van der Waals surface area contributed by atoms with Gasteiger partial charge in [-0.15, -0.1) is 0 Å². The molecule has 1 rings (SSSR count). The van der Waals surface area contributed by atoms with Crippen molar-refractivity contribution in [3.05, 3.63) is 0 Å².